The lowest BCUT2D eigenvalue weighted by Gasteiger charge is -2.32. The smallest absolute Gasteiger partial charge is 0.155 e. The predicted octanol–water partition coefficient (Wildman–Crippen LogP) is 3.18. The van der Waals surface area contributed by atoms with Crippen LogP contribution in [0.2, 0.25) is 0 Å². The first-order valence-electron chi connectivity index (χ1n) is 6.93. The Bertz CT molecular complexity index is 565. The minimum Gasteiger partial charge on any atom is -0.299 e. The van der Waals surface area contributed by atoms with E-state index < -0.39 is 0 Å². The summed E-state index contributed by atoms with van der Waals surface area (Å²) in [5.74, 6) is 0.510. The van der Waals surface area contributed by atoms with Gasteiger partial charge in [-0.25, -0.2) is 0 Å². The van der Waals surface area contributed by atoms with Crippen LogP contribution in [0, 0.1) is 12.3 Å². The molecule has 0 amide bonds. The summed E-state index contributed by atoms with van der Waals surface area (Å²) >= 11 is 0. The molecule has 2 aliphatic carbocycles. The molecule has 19 heavy (non-hydrogen) atoms. The van der Waals surface area contributed by atoms with E-state index in [1.54, 1.807) is 6.08 Å². The molecular formula is C17H18O2. The van der Waals surface area contributed by atoms with Crippen molar-refractivity contribution in [1.82, 2.24) is 0 Å². The van der Waals surface area contributed by atoms with Gasteiger partial charge < -0.3 is 0 Å². The number of benzene rings is 1. The average Bonchev–Trinajstić information content (AvgIpc) is 2.70. The van der Waals surface area contributed by atoms with E-state index in [0.29, 0.717) is 25.0 Å². The molecule has 1 aromatic carbocycles. The summed E-state index contributed by atoms with van der Waals surface area (Å²) in [6.07, 6.45) is 5.08. The maximum Gasteiger partial charge on any atom is 0.155 e. The van der Waals surface area contributed by atoms with Gasteiger partial charge in [0.1, 0.15) is 5.78 Å². The van der Waals surface area contributed by atoms with E-state index in [9.17, 15) is 9.59 Å². The van der Waals surface area contributed by atoms with Crippen LogP contribution in [0.4, 0.5) is 0 Å². The quantitative estimate of drug-likeness (QED) is 0.812. The molecule has 0 unspecified atom stereocenters. The van der Waals surface area contributed by atoms with Crippen LogP contribution in [0.5, 0.6) is 0 Å². The van der Waals surface area contributed by atoms with Gasteiger partial charge in [0.05, 0.1) is 5.41 Å². The topological polar surface area (TPSA) is 34.1 Å². The Morgan fingerprint density at radius 2 is 1.79 bits per heavy atom. The molecule has 0 spiro atoms. The lowest BCUT2D eigenvalue weighted by molar-refractivity contribution is -0.125. The van der Waals surface area contributed by atoms with Crippen LogP contribution in [0.1, 0.15) is 36.8 Å². The van der Waals surface area contributed by atoms with E-state index >= 15 is 0 Å². The third kappa shape index (κ3) is 2.05. The van der Waals surface area contributed by atoms with E-state index in [1.807, 2.05) is 0 Å². The fraction of sp³-hybridized carbons (Fsp3) is 0.412. The van der Waals surface area contributed by atoms with Crippen LogP contribution in [-0.4, -0.2) is 11.6 Å². The second kappa shape index (κ2) is 4.44. The van der Waals surface area contributed by atoms with Crippen molar-refractivity contribution in [3.8, 4) is 0 Å². The first-order chi connectivity index (χ1) is 9.10. The van der Waals surface area contributed by atoms with Gasteiger partial charge in [-0.05, 0) is 37.8 Å². The number of carbonyl (C=O) groups excluding carboxylic acids is 2. The van der Waals surface area contributed by atoms with Crippen molar-refractivity contribution >= 4 is 11.6 Å². The molecule has 0 N–H and O–H groups in total. The molecule has 98 valence electrons. The lowest BCUT2D eigenvalue weighted by atomic mass is 9.69. The van der Waals surface area contributed by atoms with Crippen molar-refractivity contribution in [2.75, 3.05) is 0 Å². The molecule has 0 radical (unpaired) electrons. The summed E-state index contributed by atoms with van der Waals surface area (Å²) in [5.41, 5.74) is 3.13. The van der Waals surface area contributed by atoms with E-state index in [1.165, 1.54) is 11.1 Å². The fourth-order valence-corrected chi connectivity index (χ4v) is 3.37. The molecule has 0 saturated heterocycles. The van der Waals surface area contributed by atoms with Crippen LogP contribution in [0.25, 0.3) is 0 Å². The number of Topliss-reactive ketones (excluding diaryl/α,β-unsaturated/α-hetero) is 1. The zero-order chi connectivity index (χ0) is 13.5. The van der Waals surface area contributed by atoms with Gasteiger partial charge in [0.15, 0.2) is 5.78 Å². The largest absolute Gasteiger partial charge is 0.299 e. The van der Waals surface area contributed by atoms with Crippen molar-refractivity contribution in [1.29, 1.82) is 0 Å². The number of allylic oxidation sites excluding steroid dienone is 2. The number of aryl methyl sites for hydroxylation is 1. The van der Waals surface area contributed by atoms with Gasteiger partial charge in [0.2, 0.25) is 0 Å². The summed E-state index contributed by atoms with van der Waals surface area (Å²) in [6, 6.07) is 8.37. The van der Waals surface area contributed by atoms with Gasteiger partial charge in [0, 0.05) is 12.8 Å². The molecule has 2 aliphatic rings. The van der Waals surface area contributed by atoms with Crippen molar-refractivity contribution in [3.63, 3.8) is 0 Å². The number of carbonyl (C=O) groups is 2. The van der Waals surface area contributed by atoms with Crippen molar-refractivity contribution in [3.05, 3.63) is 47.0 Å². The van der Waals surface area contributed by atoms with Gasteiger partial charge in [0.25, 0.3) is 0 Å². The Morgan fingerprint density at radius 3 is 2.53 bits per heavy atom. The van der Waals surface area contributed by atoms with Crippen LogP contribution >= 0.6 is 0 Å². The van der Waals surface area contributed by atoms with Crippen LogP contribution in [-0.2, 0) is 16.0 Å². The highest BCUT2D eigenvalue weighted by Gasteiger charge is 2.47. The van der Waals surface area contributed by atoms with Gasteiger partial charge >= 0.3 is 0 Å². The normalized spacial score (nSPS) is 26.3. The van der Waals surface area contributed by atoms with Gasteiger partial charge in [-0.3, -0.25) is 9.59 Å². The predicted molar refractivity (Wildman–Crippen MR) is 73.9 cm³/mol. The first-order valence-corrected chi connectivity index (χ1v) is 6.93. The Morgan fingerprint density at radius 1 is 1.05 bits per heavy atom. The molecule has 0 aromatic heterocycles. The van der Waals surface area contributed by atoms with E-state index in [4.69, 9.17) is 0 Å². The monoisotopic (exact) mass is 254 g/mol. The maximum absolute atomic E-state index is 12.4. The first kappa shape index (κ1) is 12.3. The summed E-state index contributed by atoms with van der Waals surface area (Å²) in [6.45, 7) is 2.06. The molecule has 1 fully saturated rings. The van der Waals surface area contributed by atoms with Crippen LogP contribution < -0.4 is 0 Å². The van der Waals surface area contributed by atoms with Crippen molar-refractivity contribution < 1.29 is 9.59 Å². The Labute approximate surface area is 113 Å². The summed E-state index contributed by atoms with van der Waals surface area (Å²) in [5, 5.41) is 0. The van der Waals surface area contributed by atoms with E-state index in [-0.39, 0.29) is 11.2 Å². The molecule has 2 heteroatoms. The number of fused-ring (bicyclic) bond motifs is 1. The van der Waals surface area contributed by atoms with Crippen LogP contribution in [0.15, 0.2) is 35.9 Å². The minimum atomic E-state index is -0.372. The molecule has 0 heterocycles. The molecule has 1 atom stereocenters. The van der Waals surface area contributed by atoms with Gasteiger partial charge in [-0.15, -0.1) is 0 Å². The van der Waals surface area contributed by atoms with Gasteiger partial charge in [-0.1, -0.05) is 35.4 Å². The Hall–Kier alpha value is -1.70. The molecule has 0 bridgehead atoms. The molecule has 2 nitrogen and oxygen atoms in total. The zero-order valence-electron chi connectivity index (χ0n) is 11.2. The van der Waals surface area contributed by atoms with Crippen molar-refractivity contribution in [2.45, 2.75) is 39.0 Å². The standard InChI is InChI=1S/C17H18O2/c1-12-2-4-13(5-3-12)11-17-9-8-15(18)10-14(17)6-7-16(17)19/h2-5,10H,6-9,11H2,1H3/t17-/m1/s1. The Balaban J connectivity index is 1.96. The number of rotatable bonds is 2. The number of ketones is 2. The van der Waals surface area contributed by atoms with E-state index in [0.717, 1.165) is 18.4 Å². The third-order valence-corrected chi connectivity index (χ3v) is 4.53. The average molecular weight is 254 g/mol. The van der Waals surface area contributed by atoms with Gasteiger partial charge in [-0.2, -0.15) is 0 Å². The third-order valence-electron chi connectivity index (χ3n) is 4.53. The maximum atomic E-state index is 12.4. The number of hydrogen-bond donors (Lipinski definition) is 0. The second-order valence-corrected chi connectivity index (χ2v) is 5.80. The molecule has 3 rings (SSSR count). The lowest BCUT2D eigenvalue weighted by Crippen LogP contribution is -2.33. The summed E-state index contributed by atoms with van der Waals surface area (Å²) in [4.78, 5) is 23.9. The number of hydrogen-bond acceptors (Lipinski definition) is 2. The van der Waals surface area contributed by atoms with Crippen molar-refractivity contribution in [2.24, 2.45) is 5.41 Å². The molecule has 0 aliphatic heterocycles. The molecule has 1 aromatic rings. The zero-order valence-corrected chi connectivity index (χ0v) is 11.2. The SMILES string of the molecule is Cc1ccc(C[C@]23CCC(=O)C=C2CCC3=O)cc1. The fourth-order valence-electron chi connectivity index (χ4n) is 3.37. The van der Waals surface area contributed by atoms with E-state index in [2.05, 4.69) is 31.2 Å². The highest BCUT2D eigenvalue weighted by Crippen LogP contribution is 2.48. The summed E-state index contributed by atoms with van der Waals surface area (Å²) < 4.78 is 0. The highest BCUT2D eigenvalue weighted by molar-refractivity contribution is 5.99. The van der Waals surface area contributed by atoms with Crippen LogP contribution in [0.3, 0.4) is 0 Å². The minimum absolute atomic E-state index is 0.184. The Kier molecular flexibility index (Phi) is 2.89. The molecule has 1 saturated carbocycles. The highest BCUT2D eigenvalue weighted by atomic mass is 16.1. The molecular weight excluding hydrogens is 236 g/mol. The summed E-state index contributed by atoms with van der Waals surface area (Å²) in [7, 11) is 0. The second-order valence-electron chi connectivity index (χ2n) is 5.80.